The van der Waals surface area contributed by atoms with Crippen LogP contribution in [0.25, 0.3) is 11.6 Å². The number of hydrogen-bond acceptors (Lipinski definition) is 5. The summed E-state index contributed by atoms with van der Waals surface area (Å²) in [6.45, 7) is 3.39. The Labute approximate surface area is 213 Å². The van der Waals surface area contributed by atoms with Crippen molar-refractivity contribution in [3.05, 3.63) is 112 Å². The summed E-state index contributed by atoms with van der Waals surface area (Å²) >= 11 is 0. The highest BCUT2D eigenvalue weighted by Crippen LogP contribution is 2.37. The molecule has 0 fully saturated rings. The second-order valence-electron chi connectivity index (χ2n) is 8.83. The lowest BCUT2D eigenvalue weighted by Crippen LogP contribution is -2.25. The van der Waals surface area contributed by atoms with Crippen LogP contribution in [0.15, 0.2) is 72.8 Å². The summed E-state index contributed by atoms with van der Waals surface area (Å²) in [7, 11) is 0. The summed E-state index contributed by atoms with van der Waals surface area (Å²) in [5.74, 6) is 4.99. The average Bonchev–Trinajstić information content (AvgIpc) is 3.37. The molecule has 0 spiro atoms. The van der Waals surface area contributed by atoms with E-state index in [2.05, 4.69) is 10.3 Å². The fraction of sp³-hybridized carbons (Fsp3) is 0.0690. The van der Waals surface area contributed by atoms with Gasteiger partial charge in [-0.3, -0.25) is 14.6 Å². The molecule has 0 aliphatic carbocycles. The fourth-order valence-corrected chi connectivity index (χ4v) is 4.56. The van der Waals surface area contributed by atoms with Gasteiger partial charge in [0.1, 0.15) is 0 Å². The number of hydrazine groups is 1. The zero-order chi connectivity index (χ0) is 26.3. The van der Waals surface area contributed by atoms with Crippen molar-refractivity contribution in [2.75, 3.05) is 10.3 Å². The lowest BCUT2D eigenvalue weighted by atomic mass is 10.0. The Morgan fingerprint density at radius 3 is 2.32 bits per heavy atom. The number of fused-ring (bicyclic) bond motifs is 1. The summed E-state index contributed by atoms with van der Waals surface area (Å²) in [5, 5.41) is 13.8. The van der Waals surface area contributed by atoms with Gasteiger partial charge >= 0.3 is 5.97 Å². The summed E-state index contributed by atoms with van der Waals surface area (Å²) in [6.07, 6.45) is 1.66. The van der Waals surface area contributed by atoms with Crippen LogP contribution in [0.3, 0.4) is 0 Å². The van der Waals surface area contributed by atoms with Crippen LogP contribution >= 0.6 is 0 Å². The van der Waals surface area contributed by atoms with Gasteiger partial charge in [0.2, 0.25) is 0 Å². The molecule has 0 atom stereocenters. The van der Waals surface area contributed by atoms with Crippen LogP contribution in [0.4, 0.5) is 17.1 Å². The van der Waals surface area contributed by atoms with E-state index in [4.69, 9.17) is 5.84 Å². The number of aromatic nitrogens is 1. The van der Waals surface area contributed by atoms with Gasteiger partial charge in [-0.15, -0.1) is 0 Å². The number of amides is 1. The van der Waals surface area contributed by atoms with Gasteiger partial charge in [0.25, 0.3) is 5.91 Å². The van der Waals surface area contributed by atoms with E-state index in [1.54, 1.807) is 74.5 Å². The van der Waals surface area contributed by atoms with E-state index in [1.807, 2.05) is 18.2 Å². The molecule has 5 N–H and O–H groups in total. The third-order valence-corrected chi connectivity index (χ3v) is 6.47. The number of nitrogens with two attached hydrogens (primary N) is 1. The molecule has 1 aliphatic heterocycles. The molecule has 3 aromatic carbocycles. The van der Waals surface area contributed by atoms with E-state index in [9.17, 15) is 19.5 Å². The molecule has 37 heavy (non-hydrogen) atoms. The third-order valence-electron chi connectivity index (χ3n) is 6.47. The summed E-state index contributed by atoms with van der Waals surface area (Å²) < 4.78 is 0. The van der Waals surface area contributed by atoms with Crippen molar-refractivity contribution >= 4 is 46.4 Å². The maximum absolute atomic E-state index is 12.9. The van der Waals surface area contributed by atoms with Gasteiger partial charge in [-0.2, -0.15) is 0 Å². The number of carboxylic acid groups (broad SMARTS) is 1. The van der Waals surface area contributed by atoms with Gasteiger partial charge in [0.15, 0.2) is 5.78 Å². The zero-order valence-corrected chi connectivity index (χ0v) is 20.2. The highest BCUT2D eigenvalue weighted by Gasteiger charge is 2.26. The number of aromatic carboxylic acids is 1. The Kier molecular flexibility index (Phi) is 5.95. The van der Waals surface area contributed by atoms with Gasteiger partial charge in [0.05, 0.1) is 28.2 Å². The Hall–Kier alpha value is -4.95. The molecule has 1 aliphatic rings. The second kappa shape index (κ2) is 9.25. The molecule has 5 rings (SSSR count). The Balaban J connectivity index is 1.45. The Morgan fingerprint density at radius 1 is 0.919 bits per heavy atom. The number of carbonyl (C=O) groups excluding carboxylic acids is 2. The number of aryl methyl sites for hydroxylation is 1. The second-order valence-corrected chi connectivity index (χ2v) is 8.83. The normalized spacial score (nSPS) is 13.4. The zero-order valence-electron chi connectivity index (χ0n) is 20.2. The standard InChI is InChI=1S/C29H24N4O4/c1-16-24(31-17(2)26(16)29(36)37)15-23-22-12-11-21(14-25(22)32-28(23)35)33(30)20-10-6-9-19(13-20)27(34)18-7-4-3-5-8-18/h3-15,31H,30H2,1-2H3,(H,32,35)(H,36,37). The molecule has 1 amide bonds. The molecule has 0 saturated carbocycles. The molecule has 0 unspecified atom stereocenters. The lowest BCUT2D eigenvalue weighted by molar-refractivity contribution is -0.110. The van der Waals surface area contributed by atoms with Crippen LogP contribution in [0.5, 0.6) is 0 Å². The van der Waals surface area contributed by atoms with Crippen LogP contribution in [0, 0.1) is 13.8 Å². The van der Waals surface area contributed by atoms with Crippen LogP contribution in [-0.2, 0) is 4.79 Å². The van der Waals surface area contributed by atoms with Crippen LogP contribution < -0.4 is 16.2 Å². The number of rotatable bonds is 6. The van der Waals surface area contributed by atoms with E-state index >= 15 is 0 Å². The fourth-order valence-electron chi connectivity index (χ4n) is 4.56. The van der Waals surface area contributed by atoms with Crippen LogP contribution in [-0.4, -0.2) is 27.8 Å². The quantitative estimate of drug-likeness (QED) is 0.129. The maximum atomic E-state index is 12.9. The molecule has 8 nitrogen and oxygen atoms in total. The van der Waals surface area contributed by atoms with Crippen molar-refractivity contribution < 1.29 is 19.5 Å². The predicted octanol–water partition coefficient (Wildman–Crippen LogP) is 5.07. The van der Waals surface area contributed by atoms with Crippen molar-refractivity contribution in [1.82, 2.24) is 4.98 Å². The molecule has 8 heteroatoms. The number of aromatic amines is 1. The monoisotopic (exact) mass is 492 g/mol. The van der Waals surface area contributed by atoms with E-state index in [-0.39, 0.29) is 17.3 Å². The van der Waals surface area contributed by atoms with E-state index in [0.29, 0.717) is 56.3 Å². The molecule has 0 bridgehead atoms. The predicted molar refractivity (Wildman–Crippen MR) is 143 cm³/mol. The molecule has 0 radical (unpaired) electrons. The number of nitrogens with one attached hydrogen (secondary N) is 2. The first-order valence-corrected chi connectivity index (χ1v) is 11.6. The Morgan fingerprint density at radius 2 is 1.62 bits per heavy atom. The maximum Gasteiger partial charge on any atom is 0.337 e. The van der Waals surface area contributed by atoms with Gasteiger partial charge < -0.3 is 15.4 Å². The number of benzene rings is 3. The number of carbonyl (C=O) groups is 3. The minimum absolute atomic E-state index is 0.104. The van der Waals surface area contributed by atoms with Crippen LogP contribution in [0.2, 0.25) is 0 Å². The number of anilines is 3. The molecular formula is C29H24N4O4. The number of carboxylic acids is 1. The highest BCUT2D eigenvalue weighted by molar-refractivity contribution is 6.35. The van der Waals surface area contributed by atoms with E-state index < -0.39 is 5.97 Å². The van der Waals surface area contributed by atoms with Crippen molar-refractivity contribution in [2.24, 2.45) is 5.84 Å². The van der Waals surface area contributed by atoms with Crippen molar-refractivity contribution in [3.8, 4) is 0 Å². The molecule has 2 heterocycles. The molecule has 1 aromatic heterocycles. The minimum Gasteiger partial charge on any atom is -0.478 e. The summed E-state index contributed by atoms with van der Waals surface area (Å²) in [4.78, 5) is 40.3. The first-order valence-electron chi connectivity index (χ1n) is 11.6. The van der Waals surface area contributed by atoms with E-state index in [1.165, 1.54) is 5.01 Å². The Bertz CT molecular complexity index is 1600. The smallest absolute Gasteiger partial charge is 0.337 e. The van der Waals surface area contributed by atoms with Gasteiger partial charge in [-0.05, 0) is 55.8 Å². The van der Waals surface area contributed by atoms with Crippen LogP contribution in [0.1, 0.15) is 48.8 Å². The number of hydrogen-bond donors (Lipinski definition) is 4. The highest BCUT2D eigenvalue weighted by atomic mass is 16.4. The van der Waals surface area contributed by atoms with Gasteiger partial charge in [-0.25, -0.2) is 10.6 Å². The topological polar surface area (TPSA) is 129 Å². The van der Waals surface area contributed by atoms with Gasteiger partial charge in [0, 0.05) is 28.1 Å². The van der Waals surface area contributed by atoms with Crippen molar-refractivity contribution in [1.29, 1.82) is 0 Å². The third kappa shape index (κ3) is 4.30. The number of H-pyrrole nitrogens is 1. The molecular weight excluding hydrogens is 468 g/mol. The van der Waals surface area contributed by atoms with E-state index in [0.717, 1.165) is 0 Å². The molecule has 184 valence electrons. The first-order chi connectivity index (χ1) is 17.7. The summed E-state index contributed by atoms with van der Waals surface area (Å²) in [6, 6.07) is 21.4. The van der Waals surface area contributed by atoms with Crippen molar-refractivity contribution in [3.63, 3.8) is 0 Å². The average molecular weight is 493 g/mol. The van der Waals surface area contributed by atoms with Gasteiger partial charge in [-0.1, -0.05) is 42.5 Å². The van der Waals surface area contributed by atoms with Crippen molar-refractivity contribution in [2.45, 2.75) is 13.8 Å². The molecule has 4 aromatic rings. The minimum atomic E-state index is -1.02. The first kappa shape index (κ1) is 23.8. The number of nitrogens with zero attached hydrogens (tertiary/aromatic N) is 1. The lowest BCUT2D eigenvalue weighted by Gasteiger charge is -2.20. The number of ketones is 1. The molecule has 0 saturated heterocycles. The SMILES string of the molecule is Cc1[nH]c(C=C2C(=O)Nc3cc(N(N)c4cccc(C(=O)c5ccccc5)c4)ccc32)c(C)c1C(=O)O. The largest absolute Gasteiger partial charge is 0.478 e. The summed E-state index contributed by atoms with van der Waals surface area (Å²) in [5.41, 5.74) is 5.86.